The number of hydrogen-bond acceptors (Lipinski definition) is 6. The Labute approximate surface area is 155 Å². The molecule has 0 spiro atoms. The molecule has 2 heterocycles. The lowest BCUT2D eigenvalue weighted by Crippen LogP contribution is -2.40. The Morgan fingerprint density at radius 3 is 2.58 bits per heavy atom. The van der Waals surface area contributed by atoms with Crippen molar-refractivity contribution in [2.75, 3.05) is 33.9 Å². The van der Waals surface area contributed by atoms with Gasteiger partial charge in [0.2, 0.25) is 5.91 Å². The second-order valence-corrected chi connectivity index (χ2v) is 6.96. The van der Waals surface area contributed by atoms with Gasteiger partial charge in [-0.05, 0) is 48.9 Å². The van der Waals surface area contributed by atoms with E-state index in [1.165, 1.54) is 7.11 Å². The maximum Gasteiger partial charge on any atom is 0.294 e. The lowest BCUT2D eigenvalue weighted by molar-refractivity contribution is -0.135. The van der Waals surface area contributed by atoms with Gasteiger partial charge in [0.05, 0.1) is 19.1 Å². The maximum atomic E-state index is 12.6. The third-order valence-electron chi connectivity index (χ3n) is 4.35. The Morgan fingerprint density at radius 1 is 1.19 bits per heavy atom. The van der Waals surface area contributed by atoms with Gasteiger partial charge in [0.1, 0.15) is 18.0 Å². The number of benzene rings is 1. The summed E-state index contributed by atoms with van der Waals surface area (Å²) < 4.78 is 10.5. The summed E-state index contributed by atoms with van der Waals surface area (Å²) >= 11 is 0.825. The normalized spacial score (nSPS) is 18.8. The number of methoxy groups -OCH3 is 2. The molecule has 3 rings (SSSR count). The van der Waals surface area contributed by atoms with Crippen molar-refractivity contribution < 1.29 is 23.9 Å². The lowest BCUT2D eigenvalue weighted by atomic mass is 10.1. The number of nitrogens with zero attached hydrogens (tertiary/aromatic N) is 2. The van der Waals surface area contributed by atoms with E-state index in [1.54, 1.807) is 36.3 Å². The monoisotopic (exact) mass is 376 g/mol. The Hall–Kier alpha value is -2.48. The third kappa shape index (κ3) is 3.70. The van der Waals surface area contributed by atoms with Crippen LogP contribution in [0.5, 0.6) is 11.5 Å². The fourth-order valence-corrected chi connectivity index (χ4v) is 3.76. The molecular formula is C18H20N2O5S. The highest BCUT2D eigenvalue weighted by Crippen LogP contribution is 2.35. The van der Waals surface area contributed by atoms with E-state index in [1.807, 2.05) is 0 Å². The van der Waals surface area contributed by atoms with Crippen molar-refractivity contribution in [1.82, 2.24) is 9.80 Å². The van der Waals surface area contributed by atoms with Gasteiger partial charge in [-0.25, -0.2) is 0 Å². The molecule has 2 aliphatic heterocycles. The number of amides is 3. The Balaban J connectivity index is 1.80. The molecule has 0 N–H and O–H groups in total. The van der Waals surface area contributed by atoms with E-state index in [2.05, 4.69) is 0 Å². The number of carbonyl (C=O) groups excluding carboxylic acids is 3. The Kier molecular flexibility index (Phi) is 5.51. The van der Waals surface area contributed by atoms with E-state index in [-0.39, 0.29) is 17.4 Å². The highest BCUT2D eigenvalue weighted by molar-refractivity contribution is 8.18. The topological polar surface area (TPSA) is 76.2 Å². The highest BCUT2D eigenvalue weighted by atomic mass is 32.2. The average molecular weight is 376 g/mol. The third-order valence-corrected chi connectivity index (χ3v) is 5.26. The van der Waals surface area contributed by atoms with Gasteiger partial charge in [-0.3, -0.25) is 19.3 Å². The Bertz CT molecular complexity index is 771. The van der Waals surface area contributed by atoms with Crippen molar-refractivity contribution >= 4 is 34.9 Å². The lowest BCUT2D eigenvalue weighted by Gasteiger charge is -2.18. The number of rotatable bonds is 5. The van der Waals surface area contributed by atoms with Gasteiger partial charge in [0.15, 0.2) is 0 Å². The molecule has 2 aliphatic rings. The van der Waals surface area contributed by atoms with E-state index in [9.17, 15) is 14.4 Å². The van der Waals surface area contributed by atoms with E-state index < -0.39 is 11.1 Å². The molecule has 0 unspecified atom stereocenters. The molecule has 0 atom stereocenters. The summed E-state index contributed by atoms with van der Waals surface area (Å²) in [4.78, 5) is 40.0. The summed E-state index contributed by atoms with van der Waals surface area (Å²) in [6.45, 7) is 1.16. The number of carbonyl (C=O) groups is 3. The van der Waals surface area contributed by atoms with Crippen molar-refractivity contribution in [1.29, 1.82) is 0 Å². The number of imide groups is 1. The van der Waals surface area contributed by atoms with Crippen LogP contribution in [0.15, 0.2) is 23.1 Å². The van der Waals surface area contributed by atoms with Crippen LogP contribution in [0.2, 0.25) is 0 Å². The second kappa shape index (κ2) is 7.82. The molecule has 8 heteroatoms. The van der Waals surface area contributed by atoms with Gasteiger partial charge in [-0.2, -0.15) is 0 Å². The molecule has 26 heavy (non-hydrogen) atoms. The minimum absolute atomic E-state index is 0.190. The standard InChI is InChI=1S/C18H20N2O5S/c1-24-13-5-6-14(25-2)12(9-13)10-15-17(22)20(18(23)26-15)11-16(21)19-7-3-4-8-19/h5-6,9-10H,3-4,7-8,11H2,1-2H3/b15-10+. The second-order valence-electron chi connectivity index (χ2n) is 5.96. The number of hydrogen-bond donors (Lipinski definition) is 0. The van der Waals surface area contributed by atoms with Crippen molar-refractivity contribution in [2.24, 2.45) is 0 Å². The molecule has 2 saturated heterocycles. The first-order chi connectivity index (χ1) is 12.5. The largest absolute Gasteiger partial charge is 0.497 e. The fourth-order valence-electron chi connectivity index (χ4n) is 2.93. The van der Waals surface area contributed by atoms with Crippen LogP contribution >= 0.6 is 11.8 Å². The van der Waals surface area contributed by atoms with Crippen molar-refractivity contribution in [3.63, 3.8) is 0 Å². The van der Waals surface area contributed by atoms with Crippen LogP contribution in [0.3, 0.4) is 0 Å². The van der Waals surface area contributed by atoms with Gasteiger partial charge in [0, 0.05) is 18.7 Å². The molecule has 138 valence electrons. The molecule has 3 amide bonds. The van der Waals surface area contributed by atoms with Crippen molar-refractivity contribution in [2.45, 2.75) is 12.8 Å². The van der Waals surface area contributed by atoms with Crippen LogP contribution in [-0.4, -0.2) is 60.7 Å². The predicted molar refractivity (Wildman–Crippen MR) is 98.0 cm³/mol. The molecule has 2 fully saturated rings. The zero-order valence-electron chi connectivity index (χ0n) is 14.7. The molecule has 7 nitrogen and oxygen atoms in total. The quantitative estimate of drug-likeness (QED) is 0.735. The molecule has 0 radical (unpaired) electrons. The maximum absolute atomic E-state index is 12.6. The summed E-state index contributed by atoms with van der Waals surface area (Å²) in [5.41, 5.74) is 0.628. The number of thioether (sulfide) groups is 1. The summed E-state index contributed by atoms with van der Waals surface area (Å²) in [7, 11) is 3.07. The van der Waals surface area contributed by atoms with E-state index >= 15 is 0 Å². The van der Waals surface area contributed by atoms with Gasteiger partial charge >= 0.3 is 0 Å². The molecule has 1 aromatic carbocycles. The zero-order chi connectivity index (χ0) is 18.7. The Morgan fingerprint density at radius 2 is 1.92 bits per heavy atom. The SMILES string of the molecule is COc1ccc(OC)c(/C=C2/SC(=O)N(CC(=O)N3CCCC3)C2=O)c1. The summed E-state index contributed by atoms with van der Waals surface area (Å²) in [5.74, 6) is 0.522. The van der Waals surface area contributed by atoms with E-state index in [0.29, 0.717) is 30.2 Å². The zero-order valence-corrected chi connectivity index (χ0v) is 15.5. The minimum Gasteiger partial charge on any atom is -0.497 e. The first kappa shape index (κ1) is 18.3. The van der Waals surface area contributed by atoms with E-state index in [4.69, 9.17) is 9.47 Å². The van der Waals surface area contributed by atoms with Crippen LogP contribution in [0.1, 0.15) is 18.4 Å². The molecule has 0 saturated carbocycles. The summed E-state index contributed by atoms with van der Waals surface area (Å²) in [6, 6.07) is 5.20. The molecule has 0 aromatic heterocycles. The van der Waals surface area contributed by atoms with Gasteiger partial charge in [0.25, 0.3) is 11.1 Å². The van der Waals surface area contributed by atoms with Gasteiger partial charge in [-0.15, -0.1) is 0 Å². The highest BCUT2D eigenvalue weighted by Gasteiger charge is 2.37. The van der Waals surface area contributed by atoms with E-state index in [0.717, 1.165) is 29.5 Å². The minimum atomic E-state index is -0.461. The van der Waals surface area contributed by atoms with Gasteiger partial charge in [-0.1, -0.05) is 0 Å². The molecule has 0 bridgehead atoms. The number of ether oxygens (including phenoxy) is 2. The molecule has 1 aromatic rings. The fraction of sp³-hybridized carbons (Fsp3) is 0.389. The van der Waals surface area contributed by atoms with Crippen LogP contribution in [0.4, 0.5) is 4.79 Å². The molecule has 0 aliphatic carbocycles. The van der Waals surface area contributed by atoms with Crippen LogP contribution < -0.4 is 9.47 Å². The first-order valence-corrected chi connectivity index (χ1v) is 9.10. The number of likely N-dealkylation sites (tertiary alicyclic amines) is 1. The van der Waals surface area contributed by atoms with Crippen LogP contribution in [-0.2, 0) is 9.59 Å². The first-order valence-electron chi connectivity index (χ1n) is 8.28. The van der Waals surface area contributed by atoms with Crippen LogP contribution in [0.25, 0.3) is 6.08 Å². The summed E-state index contributed by atoms with van der Waals surface area (Å²) in [6.07, 6.45) is 3.51. The smallest absolute Gasteiger partial charge is 0.294 e. The average Bonchev–Trinajstić information content (AvgIpc) is 3.26. The predicted octanol–water partition coefficient (Wildman–Crippen LogP) is 2.36. The van der Waals surface area contributed by atoms with Crippen molar-refractivity contribution in [3.05, 3.63) is 28.7 Å². The summed E-state index contributed by atoms with van der Waals surface area (Å²) in [5, 5.41) is -0.435. The van der Waals surface area contributed by atoms with Crippen LogP contribution in [0, 0.1) is 0 Å². The molecular weight excluding hydrogens is 356 g/mol. The van der Waals surface area contributed by atoms with Crippen molar-refractivity contribution in [3.8, 4) is 11.5 Å². The van der Waals surface area contributed by atoms with Gasteiger partial charge < -0.3 is 14.4 Å².